The van der Waals surface area contributed by atoms with Gasteiger partial charge < -0.3 is 0 Å². The van der Waals surface area contributed by atoms with Gasteiger partial charge in [0.1, 0.15) is 0 Å². The van der Waals surface area contributed by atoms with Crippen molar-refractivity contribution in [3.63, 3.8) is 0 Å². The Bertz CT molecular complexity index is 3940. The van der Waals surface area contributed by atoms with Gasteiger partial charge in [-0.25, -0.2) is 24.9 Å². The Labute approximate surface area is 437 Å². The largest absolute Gasteiger partial charge is 0.228 e. The molecule has 0 fully saturated rings. The second-order valence-corrected chi connectivity index (χ2v) is 19.7. The van der Waals surface area contributed by atoms with Crippen molar-refractivity contribution in [1.82, 2.24) is 24.9 Å². The summed E-state index contributed by atoms with van der Waals surface area (Å²) in [7, 11) is 0. The summed E-state index contributed by atoms with van der Waals surface area (Å²) < 4.78 is 0. The van der Waals surface area contributed by atoms with Gasteiger partial charge in [0.2, 0.25) is 0 Å². The molecule has 0 atom stereocenters. The first-order valence-electron chi connectivity index (χ1n) is 25.5. The van der Waals surface area contributed by atoms with E-state index in [0.717, 1.165) is 78.1 Å². The molecule has 0 radical (unpaired) electrons. The molecule has 1 aliphatic carbocycles. The molecule has 1 aliphatic rings. The monoisotopic (exact) mass is 959 g/mol. The molecule has 0 saturated heterocycles. The molecule has 0 unspecified atom stereocenters. The molecule has 75 heavy (non-hydrogen) atoms. The highest BCUT2D eigenvalue weighted by atomic mass is 15.0. The molecular formula is C70H49N5. The van der Waals surface area contributed by atoms with Gasteiger partial charge in [0.25, 0.3) is 0 Å². The molecule has 0 aliphatic heterocycles. The van der Waals surface area contributed by atoms with Gasteiger partial charge in [0, 0.05) is 38.8 Å². The number of benzene rings is 10. The Morgan fingerprint density at radius 2 is 0.573 bits per heavy atom. The van der Waals surface area contributed by atoms with Gasteiger partial charge in [-0.2, -0.15) is 0 Å². The van der Waals surface area contributed by atoms with Crippen LogP contribution in [0.1, 0.15) is 25.0 Å². The molecule has 2 heterocycles. The Morgan fingerprint density at radius 3 is 1.13 bits per heavy atom. The van der Waals surface area contributed by atoms with Gasteiger partial charge in [-0.15, -0.1) is 0 Å². The summed E-state index contributed by atoms with van der Waals surface area (Å²) in [5.74, 6) is 2.52. The van der Waals surface area contributed by atoms with Crippen molar-refractivity contribution in [3.8, 4) is 124 Å². The summed E-state index contributed by atoms with van der Waals surface area (Å²) in [5, 5.41) is 0. The molecule has 0 bridgehead atoms. The quantitative estimate of drug-likeness (QED) is 0.137. The molecule has 2 aromatic heterocycles. The van der Waals surface area contributed by atoms with E-state index in [-0.39, 0.29) is 5.41 Å². The number of hydrogen-bond donors (Lipinski definition) is 0. The lowest BCUT2D eigenvalue weighted by atomic mass is 9.82. The van der Waals surface area contributed by atoms with Crippen LogP contribution in [-0.4, -0.2) is 24.9 Å². The Hall–Kier alpha value is -9.71. The van der Waals surface area contributed by atoms with Crippen LogP contribution in [-0.2, 0) is 5.41 Å². The molecule has 12 aromatic rings. The maximum atomic E-state index is 5.35. The molecule has 0 amide bonds. The van der Waals surface area contributed by atoms with Gasteiger partial charge in [0.05, 0.1) is 11.4 Å². The van der Waals surface area contributed by atoms with Gasteiger partial charge in [-0.3, -0.25) is 0 Å². The maximum absolute atomic E-state index is 5.35. The van der Waals surface area contributed by atoms with Crippen LogP contribution >= 0.6 is 0 Å². The van der Waals surface area contributed by atoms with Crippen molar-refractivity contribution in [1.29, 1.82) is 0 Å². The molecule has 5 nitrogen and oxygen atoms in total. The Balaban J connectivity index is 0.900. The summed E-state index contributed by atoms with van der Waals surface area (Å²) in [5.41, 5.74) is 21.2. The lowest BCUT2D eigenvalue weighted by molar-refractivity contribution is 0.660. The van der Waals surface area contributed by atoms with E-state index < -0.39 is 0 Å². The van der Waals surface area contributed by atoms with E-state index in [1.807, 2.05) is 18.2 Å². The smallest absolute Gasteiger partial charge is 0.164 e. The molecule has 5 heteroatoms. The fraction of sp³-hybridized carbons (Fsp3) is 0.0429. The van der Waals surface area contributed by atoms with Crippen LogP contribution in [0.4, 0.5) is 0 Å². The highest BCUT2D eigenvalue weighted by molar-refractivity contribution is 5.91. The maximum Gasteiger partial charge on any atom is 0.164 e. The lowest BCUT2D eigenvalue weighted by Gasteiger charge is -2.21. The summed E-state index contributed by atoms with van der Waals surface area (Å²) >= 11 is 0. The van der Waals surface area contributed by atoms with Crippen molar-refractivity contribution >= 4 is 0 Å². The van der Waals surface area contributed by atoms with Crippen molar-refractivity contribution < 1.29 is 0 Å². The van der Waals surface area contributed by atoms with Gasteiger partial charge >= 0.3 is 0 Å². The van der Waals surface area contributed by atoms with E-state index in [1.54, 1.807) is 0 Å². The van der Waals surface area contributed by atoms with E-state index in [0.29, 0.717) is 23.3 Å². The first kappa shape index (κ1) is 45.2. The van der Waals surface area contributed by atoms with Crippen LogP contribution in [0.3, 0.4) is 0 Å². The summed E-state index contributed by atoms with van der Waals surface area (Å²) in [4.78, 5) is 26.4. The van der Waals surface area contributed by atoms with E-state index in [4.69, 9.17) is 24.9 Å². The fourth-order valence-corrected chi connectivity index (χ4v) is 10.6. The number of hydrogen-bond acceptors (Lipinski definition) is 5. The number of rotatable bonds is 10. The van der Waals surface area contributed by atoms with Crippen molar-refractivity contribution in [3.05, 3.63) is 272 Å². The van der Waals surface area contributed by atoms with Crippen LogP contribution in [0, 0.1) is 0 Å². The molecular weight excluding hydrogens is 911 g/mol. The Morgan fingerprint density at radius 1 is 0.227 bits per heavy atom. The van der Waals surface area contributed by atoms with Crippen molar-refractivity contribution in [2.45, 2.75) is 19.3 Å². The fourth-order valence-electron chi connectivity index (χ4n) is 10.6. The van der Waals surface area contributed by atoms with Crippen molar-refractivity contribution in [2.75, 3.05) is 0 Å². The zero-order chi connectivity index (χ0) is 50.3. The number of fused-ring (bicyclic) bond motifs is 3. The third-order valence-corrected chi connectivity index (χ3v) is 14.6. The molecule has 354 valence electrons. The molecule has 10 aromatic carbocycles. The SMILES string of the molecule is CC1(C)c2ccccc2-c2c(-c3nc(-c4ccc(-c5ccccc5)cc4)nc(-c4cccc(-c5cccc(-c6cc(-c7ccc(-c8ccccc8)cc7)nc(-c7ccc(-c8ccccc8)cc7)n6)c5)c4)n3)cccc21. The summed E-state index contributed by atoms with van der Waals surface area (Å²) in [6.07, 6.45) is 0. The molecule has 0 saturated carbocycles. The second-order valence-electron chi connectivity index (χ2n) is 19.7. The van der Waals surface area contributed by atoms with Gasteiger partial charge in [-0.05, 0) is 85.0 Å². The standard InChI is InChI=1S/C70H49N5/c1-70(2)61-29-13-12-27-59(61)65-60(28-16-30-62(65)70)69-74-67(54-41-35-51(36-42-54)48-21-10-5-11-22-48)73-68(75-69)58-26-15-24-56(44-58)55-23-14-25-57(43-55)64-45-63(52-37-31-49(32-38-52)46-17-6-3-7-18-46)71-66(72-64)53-39-33-50(34-40-53)47-19-8-4-9-20-47/h3-45H,1-2H3. The molecule has 13 rings (SSSR count). The number of nitrogens with zero attached hydrogens (tertiary/aromatic N) is 5. The summed E-state index contributed by atoms with van der Waals surface area (Å²) in [6, 6.07) is 91.5. The van der Waals surface area contributed by atoms with Crippen LogP contribution in [0.25, 0.3) is 124 Å². The van der Waals surface area contributed by atoms with E-state index in [9.17, 15) is 0 Å². The lowest BCUT2D eigenvalue weighted by Crippen LogP contribution is -2.14. The number of aromatic nitrogens is 5. The predicted molar refractivity (Wildman–Crippen MR) is 307 cm³/mol. The van der Waals surface area contributed by atoms with Crippen LogP contribution in [0.5, 0.6) is 0 Å². The summed E-state index contributed by atoms with van der Waals surface area (Å²) in [6.45, 7) is 4.61. The normalized spacial score (nSPS) is 12.2. The van der Waals surface area contributed by atoms with E-state index in [2.05, 4.69) is 257 Å². The van der Waals surface area contributed by atoms with Crippen LogP contribution < -0.4 is 0 Å². The average Bonchev–Trinajstić information content (AvgIpc) is 3.73. The van der Waals surface area contributed by atoms with Crippen LogP contribution in [0.15, 0.2) is 261 Å². The first-order chi connectivity index (χ1) is 36.9. The Kier molecular flexibility index (Phi) is 11.5. The average molecular weight is 960 g/mol. The topological polar surface area (TPSA) is 64.5 Å². The van der Waals surface area contributed by atoms with Crippen molar-refractivity contribution in [2.24, 2.45) is 0 Å². The molecule has 0 N–H and O–H groups in total. The van der Waals surface area contributed by atoms with E-state index >= 15 is 0 Å². The minimum atomic E-state index is -0.173. The minimum Gasteiger partial charge on any atom is -0.228 e. The third-order valence-electron chi connectivity index (χ3n) is 14.6. The highest BCUT2D eigenvalue weighted by Crippen LogP contribution is 2.52. The predicted octanol–water partition coefficient (Wildman–Crippen LogP) is 17.6. The van der Waals surface area contributed by atoms with Crippen LogP contribution in [0.2, 0.25) is 0 Å². The van der Waals surface area contributed by atoms with Gasteiger partial charge in [-0.1, -0.05) is 257 Å². The third kappa shape index (κ3) is 8.70. The van der Waals surface area contributed by atoms with E-state index in [1.165, 1.54) is 33.4 Å². The highest BCUT2D eigenvalue weighted by Gasteiger charge is 2.37. The zero-order valence-electron chi connectivity index (χ0n) is 41.6. The second kappa shape index (κ2) is 19.0. The minimum absolute atomic E-state index is 0.173. The van der Waals surface area contributed by atoms with Gasteiger partial charge in [0.15, 0.2) is 23.3 Å². The first-order valence-corrected chi connectivity index (χ1v) is 25.5. The molecule has 0 spiro atoms. The zero-order valence-corrected chi connectivity index (χ0v) is 41.6.